The van der Waals surface area contributed by atoms with E-state index < -0.39 is 0 Å². The molecule has 0 aliphatic carbocycles. The highest BCUT2D eigenvalue weighted by molar-refractivity contribution is 9.10. The highest BCUT2D eigenvalue weighted by Crippen LogP contribution is 2.37. The van der Waals surface area contributed by atoms with E-state index in [-0.39, 0.29) is 24.2 Å². The van der Waals surface area contributed by atoms with Crippen LogP contribution in [0.3, 0.4) is 0 Å². The van der Waals surface area contributed by atoms with Gasteiger partial charge >= 0.3 is 0 Å². The van der Waals surface area contributed by atoms with Gasteiger partial charge in [-0.05, 0) is 18.6 Å². The molecule has 0 spiro atoms. The van der Waals surface area contributed by atoms with E-state index in [0.717, 1.165) is 22.9 Å². The molecule has 0 amide bonds. The lowest BCUT2D eigenvalue weighted by Crippen LogP contribution is -2.10. The summed E-state index contributed by atoms with van der Waals surface area (Å²) < 4.78 is 5.98. The van der Waals surface area contributed by atoms with Gasteiger partial charge in [0.15, 0.2) is 11.5 Å². The third kappa shape index (κ3) is 4.67. The number of unbranched alkanes of at least 4 members (excludes halogenated alkanes) is 2. The number of ether oxygens (including phenoxy) is 1. The Morgan fingerprint density at radius 2 is 2.06 bits per heavy atom. The number of hydrogen-bond acceptors (Lipinski definition) is 3. The van der Waals surface area contributed by atoms with Crippen LogP contribution in [0.5, 0.6) is 11.5 Å². The maximum atomic E-state index is 10.0. The van der Waals surface area contributed by atoms with Crippen molar-refractivity contribution in [2.45, 2.75) is 38.6 Å². The average molecular weight is 339 g/mol. The van der Waals surface area contributed by atoms with Crippen LogP contribution in [0.1, 0.15) is 44.2 Å². The Bertz CT molecular complexity index is 374. The van der Waals surface area contributed by atoms with Crippen LogP contribution in [0.4, 0.5) is 0 Å². The SMILES string of the molecule is CCCCC[C@H](N)c1cc(Br)cc(OC)c1O.Cl. The number of phenols is 1. The first kappa shape index (κ1) is 17.6. The molecule has 1 rings (SSSR count). The maximum Gasteiger partial charge on any atom is 0.162 e. The van der Waals surface area contributed by atoms with Crippen LogP contribution in [0.15, 0.2) is 16.6 Å². The molecule has 0 aliphatic heterocycles. The number of methoxy groups -OCH3 is 1. The first-order valence-corrected chi connectivity index (χ1v) is 6.71. The second-order valence-electron chi connectivity index (χ2n) is 4.15. The Kier molecular flexibility index (Phi) is 8.40. The van der Waals surface area contributed by atoms with Crippen LogP contribution < -0.4 is 10.5 Å². The standard InChI is InChI=1S/C13H20BrNO2.ClH/c1-3-4-5-6-11(15)10-7-9(14)8-12(17-2)13(10)16;/h7-8,11,16H,3-6,15H2,1-2H3;1H/t11-;/m0./s1. The molecule has 0 aromatic heterocycles. The molecule has 1 aromatic rings. The number of benzene rings is 1. The normalized spacial score (nSPS) is 11.8. The van der Waals surface area contributed by atoms with Crippen molar-refractivity contribution in [3.63, 3.8) is 0 Å². The van der Waals surface area contributed by atoms with Crippen LogP contribution in [0.25, 0.3) is 0 Å². The van der Waals surface area contributed by atoms with E-state index in [1.54, 1.807) is 6.07 Å². The molecule has 0 saturated heterocycles. The summed E-state index contributed by atoms with van der Waals surface area (Å²) in [4.78, 5) is 0. The minimum absolute atomic E-state index is 0. The van der Waals surface area contributed by atoms with E-state index in [1.165, 1.54) is 20.0 Å². The van der Waals surface area contributed by atoms with Gasteiger partial charge in [0.25, 0.3) is 0 Å². The van der Waals surface area contributed by atoms with E-state index in [0.29, 0.717) is 5.75 Å². The van der Waals surface area contributed by atoms with Crippen molar-refractivity contribution in [1.82, 2.24) is 0 Å². The second-order valence-corrected chi connectivity index (χ2v) is 5.06. The van der Waals surface area contributed by atoms with E-state index in [2.05, 4.69) is 22.9 Å². The monoisotopic (exact) mass is 337 g/mol. The fourth-order valence-electron chi connectivity index (χ4n) is 1.80. The van der Waals surface area contributed by atoms with Gasteiger partial charge in [0.05, 0.1) is 7.11 Å². The Hall–Kier alpha value is -0.450. The molecule has 0 saturated carbocycles. The zero-order valence-corrected chi connectivity index (χ0v) is 13.2. The minimum Gasteiger partial charge on any atom is -0.504 e. The van der Waals surface area contributed by atoms with Crippen LogP contribution in [-0.4, -0.2) is 12.2 Å². The third-order valence-electron chi connectivity index (χ3n) is 2.81. The quantitative estimate of drug-likeness (QED) is 0.766. The summed E-state index contributed by atoms with van der Waals surface area (Å²) in [5.74, 6) is 0.611. The summed E-state index contributed by atoms with van der Waals surface area (Å²) in [6.07, 6.45) is 4.28. The van der Waals surface area contributed by atoms with Crippen molar-refractivity contribution >= 4 is 28.3 Å². The molecule has 0 heterocycles. The average Bonchev–Trinajstić information content (AvgIpc) is 2.31. The summed E-state index contributed by atoms with van der Waals surface area (Å²) in [6.45, 7) is 2.16. The van der Waals surface area contributed by atoms with Gasteiger partial charge in [-0.2, -0.15) is 0 Å². The summed E-state index contributed by atoms with van der Waals surface area (Å²) in [5.41, 5.74) is 6.84. The predicted molar refractivity (Wildman–Crippen MR) is 80.7 cm³/mol. The molecular formula is C13H21BrClNO2. The van der Waals surface area contributed by atoms with Crippen LogP contribution >= 0.6 is 28.3 Å². The lowest BCUT2D eigenvalue weighted by Gasteiger charge is -2.16. The van der Waals surface area contributed by atoms with Crippen LogP contribution in [-0.2, 0) is 0 Å². The summed E-state index contributed by atoms with van der Waals surface area (Å²) in [5, 5.41) is 10.0. The van der Waals surface area contributed by atoms with E-state index in [4.69, 9.17) is 10.5 Å². The van der Waals surface area contributed by atoms with Gasteiger partial charge < -0.3 is 15.6 Å². The number of rotatable bonds is 6. The molecule has 0 radical (unpaired) electrons. The Balaban J connectivity index is 0.00000289. The van der Waals surface area contributed by atoms with Gasteiger partial charge in [-0.15, -0.1) is 12.4 Å². The van der Waals surface area contributed by atoms with Crippen molar-refractivity contribution in [2.24, 2.45) is 5.73 Å². The second kappa shape index (κ2) is 8.62. The van der Waals surface area contributed by atoms with Crippen molar-refractivity contribution in [2.75, 3.05) is 7.11 Å². The van der Waals surface area contributed by atoms with E-state index >= 15 is 0 Å². The first-order valence-electron chi connectivity index (χ1n) is 5.92. The molecule has 18 heavy (non-hydrogen) atoms. The number of halogens is 2. The van der Waals surface area contributed by atoms with E-state index in [9.17, 15) is 5.11 Å². The topological polar surface area (TPSA) is 55.5 Å². The van der Waals surface area contributed by atoms with Crippen molar-refractivity contribution in [1.29, 1.82) is 0 Å². The predicted octanol–water partition coefficient (Wildman–Crippen LogP) is 4.17. The molecule has 3 nitrogen and oxygen atoms in total. The zero-order valence-electron chi connectivity index (χ0n) is 10.8. The highest BCUT2D eigenvalue weighted by Gasteiger charge is 2.15. The molecule has 0 fully saturated rings. The summed E-state index contributed by atoms with van der Waals surface area (Å²) in [7, 11) is 1.54. The Morgan fingerprint density at radius 1 is 1.39 bits per heavy atom. The lowest BCUT2D eigenvalue weighted by atomic mass is 10.00. The summed E-state index contributed by atoms with van der Waals surface area (Å²) >= 11 is 3.39. The van der Waals surface area contributed by atoms with Crippen molar-refractivity contribution in [3.8, 4) is 11.5 Å². The van der Waals surface area contributed by atoms with Gasteiger partial charge in [0.2, 0.25) is 0 Å². The number of nitrogens with two attached hydrogens (primary N) is 1. The fraction of sp³-hybridized carbons (Fsp3) is 0.538. The first-order chi connectivity index (χ1) is 8.10. The van der Waals surface area contributed by atoms with Crippen molar-refractivity contribution in [3.05, 3.63) is 22.2 Å². The van der Waals surface area contributed by atoms with Gasteiger partial charge in [0.1, 0.15) is 0 Å². The maximum absolute atomic E-state index is 10.0. The molecule has 104 valence electrons. The van der Waals surface area contributed by atoms with Crippen molar-refractivity contribution < 1.29 is 9.84 Å². The number of aromatic hydroxyl groups is 1. The van der Waals surface area contributed by atoms with Crippen LogP contribution in [0.2, 0.25) is 0 Å². The molecule has 3 N–H and O–H groups in total. The Labute approximate surface area is 123 Å². The van der Waals surface area contributed by atoms with Gasteiger partial charge in [0, 0.05) is 16.1 Å². The molecule has 0 aliphatic rings. The third-order valence-corrected chi connectivity index (χ3v) is 3.27. The minimum atomic E-state index is -0.145. The largest absolute Gasteiger partial charge is 0.504 e. The van der Waals surface area contributed by atoms with Gasteiger partial charge in [-0.3, -0.25) is 0 Å². The number of phenolic OH excluding ortho intramolecular Hbond substituents is 1. The molecule has 1 aromatic carbocycles. The summed E-state index contributed by atoms with van der Waals surface area (Å²) in [6, 6.07) is 3.44. The van der Waals surface area contributed by atoms with Gasteiger partial charge in [-0.1, -0.05) is 42.1 Å². The lowest BCUT2D eigenvalue weighted by molar-refractivity contribution is 0.367. The smallest absolute Gasteiger partial charge is 0.162 e. The Morgan fingerprint density at radius 3 is 2.61 bits per heavy atom. The molecular weight excluding hydrogens is 318 g/mol. The molecule has 0 unspecified atom stereocenters. The fourth-order valence-corrected chi connectivity index (χ4v) is 2.26. The number of hydrogen-bond donors (Lipinski definition) is 2. The molecule has 5 heteroatoms. The van der Waals surface area contributed by atoms with Crippen LogP contribution in [0, 0.1) is 0 Å². The van der Waals surface area contributed by atoms with E-state index in [1.807, 2.05) is 6.07 Å². The molecule has 1 atom stereocenters. The highest BCUT2D eigenvalue weighted by atomic mass is 79.9. The zero-order chi connectivity index (χ0) is 12.8. The molecule has 0 bridgehead atoms. The van der Waals surface area contributed by atoms with Gasteiger partial charge in [-0.25, -0.2) is 0 Å².